The SMILES string of the molecule is Cc1cc(CC(=O)N2CCN(C)CC2)nc(N2CCOCC2)c1-c1ccc(Br)cc1. The number of hydrogen-bond acceptors (Lipinski definition) is 5. The molecule has 0 aliphatic carbocycles. The number of carbonyl (C=O) groups excluding carboxylic acids is 1. The lowest BCUT2D eigenvalue weighted by Gasteiger charge is -2.33. The smallest absolute Gasteiger partial charge is 0.228 e. The Labute approximate surface area is 186 Å². The first-order chi connectivity index (χ1) is 14.5. The van der Waals surface area contributed by atoms with Crippen molar-refractivity contribution >= 4 is 27.7 Å². The van der Waals surface area contributed by atoms with Gasteiger partial charge in [-0.2, -0.15) is 0 Å². The van der Waals surface area contributed by atoms with Gasteiger partial charge in [0, 0.05) is 49.3 Å². The maximum Gasteiger partial charge on any atom is 0.228 e. The van der Waals surface area contributed by atoms with Crippen LogP contribution in [0, 0.1) is 6.92 Å². The third-order valence-electron chi connectivity index (χ3n) is 5.88. The standard InChI is InChI=1S/C23H29BrN4O2/c1-17-15-20(16-21(29)27-9-7-26(2)8-10-27)25-23(28-11-13-30-14-12-28)22(17)18-3-5-19(24)6-4-18/h3-6,15H,7-14,16H2,1-2H3. The Bertz CT molecular complexity index is 889. The van der Waals surface area contributed by atoms with Gasteiger partial charge >= 0.3 is 0 Å². The maximum absolute atomic E-state index is 12.9. The molecule has 0 unspecified atom stereocenters. The van der Waals surface area contributed by atoms with Gasteiger partial charge in [0.15, 0.2) is 0 Å². The minimum Gasteiger partial charge on any atom is -0.378 e. The van der Waals surface area contributed by atoms with Crippen LogP contribution in [0.4, 0.5) is 5.82 Å². The summed E-state index contributed by atoms with van der Waals surface area (Å²) in [5.41, 5.74) is 4.27. The summed E-state index contributed by atoms with van der Waals surface area (Å²) in [6.07, 6.45) is 0.350. The monoisotopic (exact) mass is 472 g/mol. The van der Waals surface area contributed by atoms with Crippen LogP contribution >= 0.6 is 15.9 Å². The van der Waals surface area contributed by atoms with Crippen molar-refractivity contribution in [1.82, 2.24) is 14.8 Å². The highest BCUT2D eigenvalue weighted by Crippen LogP contribution is 2.34. The normalized spacial score (nSPS) is 18.0. The van der Waals surface area contributed by atoms with E-state index in [0.717, 1.165) is 71.9 Å². The first-order valence-corrected chi connectivity index (χ1v) is 11.4. The number of anilines is 1. The van der Waals surface area contributed by atoms with E-state index in [2.05, 4.69) is 70.0 Å². The molecule has 160 valence electrons. The molecule has 3 heterocycles. The summed E-state index contributed by atoms with van der Waals surface area (Å²) in [6, 6.07) is 10.4. The van der Waals surface area contributed by atoms with Crippen molar-refractivity contribution in [1.29, 1.82) is 0 Å². The number of nitrogens with zero attached hydrogens (tertiary/aromatic N) is 4. The number of hydrogen-bond donors (Lipinski definition) is 0. The van der Waals surface area contributed by atoms with Crippen molar-refractivity contribution in [2.24, 2.45) is 0 Å². The number of halogens is 1. The molecule has 2 saturated heterocycles. The number of ether oxygens (including phenoxy) is 1. The molecule has 4 rings (SSSR count). The fourth-order valence-electron chi connectivity index (χ4n) is 4.11. The van der Waals surface area contributed by atoms with Crippen LogP contribution in [0.25, 0.3) is 11.1 Å². The van der Waals surface area contributed by atoms with E-state index in [1.165, 1.54) is 0 Å². The highest BCUT2D eigenvalue weighted by molar-refractivity contribution is 9.10. The average molecular weight is 473 g/mol. The van der Waals surface area contributed by atoms with Crippen molar-refractivity contribution < 1.29 is 9.53 Å². The van der Waals surface area contributed by atoms with Gasteiger partial charge in [0.1, 0.15) is 5.82 Å². The topological polar surface area (TPSA) is 48.9 Å². The fraction of sp³-hybridized carbons (Fsp3) is 0.478. The van der Waals surface area contributed by atoms with Gasteiger partial charge in [0.2, 0.25) is 5.91 Å². The zero-order valence-corrected chi connectivity index (χ0v) is 19.3. The van der Waals surface area contributed by atoms with Crippen molar-refractivity contribution in [3.05, 3.63) is 46.1 Å². The molecule has 1 amide bonds. The molecule has 0 atom stereocenters. The van der Waals surface area contributed by atoms with Crippen LogP contribution in [0.5, 0.6) is 0 Å². The summed E-state index contributed by atoms with van der Waals surface area (Å²) >= 11 is 3.52. The van der Waals surface area contributed by atoms with Crippen LogP contribution in [-0.2, 0) is 16.0 Å². The zero-order valence-electron chi connectivity index (χ0n) is 17.7. The molecule has 1 aromatic heterocycles. The summed E-state index contributed by atoms with van der Waals surface area (Å²) < 4.78 is 6.61. The Morgan fingerprint density at radius 2 is 1.73 bits per heavy atom. The van der Waals surface area contributed by atoms with Crippen molar-refractivity contribution in [3.63, 3.8) is 0 Å². The van der Waals surface area contributed by atoms with E-state index in [-0.39, 0.29) is 5.91 Å². The van der Waals surface area contributed by atoms with Crippen molar-refractivity contribution in [2.75, 3.05) is 64.4 Å². The third-order valence-corrected chi connectivity index (χ3v) is 6.41. The molecule has 0 spiro atoms. The number of likely N-dealkylation sites (N-methyl/N-ethyl adjacent to an activating group) is 1. The van der Waals surface area contributed by atoms with Gasteiger partial charge < -0.3 is 19.4 Å². The van der Waals surface area contributed by atoms with Gasteiger partial charge in [0.05, 0.1) is 25.3 Å². The lowest BCUT2D eigenvalue weighted by Crippen LogP contribution is -2.47. The first-order valence-electron chi connectivity index (χ1n) is 10.6. The Balaban J connectivity index is 1.64. The number of aromatic nitrogens is 1. The van der Waals surface area contributed by atoms with Crippen LogP contribution < -0.4 is 4.90 Å². The Morgan fingerprint density at radius 3 is 2.40 bits per heavy atom. The second-order valence-corrected chi connectivity index (χ2v) is 9.01. The average Bonchev–Trinajstić information content (AvgIpc) is 2.75. The lowest BCUT2D eigenvalue weighted by atomic mass is 9.99. The van der Waals surface area contributed by atoms with Crippen LogP contribution in [-0.4, -0.2) is 80.2 Å². The summed E-state index contributed by atoms with van der Waals surface area (Å²) in [5.74, 6) is 1.13. The van der Waals surface area contributed by atoms with Crippen LogP contribution in [0.2, 0.25) is 0 Å². The highest BCUT2D eigenvalue weighted by atomic mass is 79.9. The summed E-state index contributed by atoms with van der Waals surface area (Å²) in [4.78, 5) is 24.4. The van der Waals surface area contributed by atoms with Crippen molar-refractivity contribution in [2.45, 2.75) is 13.3 Å². The lowest BCUT2D eigenvalue weighted by molar-refractivity contribution is -0.132. The minimum absolute atomic E-state index is 0.166. The summed E-state index contributed by atoms with van der Waals surface area (Å²) in [6.45, 7) is 8.59. The molecule has 0 radical (unpaired) electrons. The minimum atomic E-state index is 0.166. The molecular weight excluding hydrogens is 444 g/mol. The van der Waals surface area contributed by atoms with E-state index in [1.54, 1.807) is 0 Å². The number of rotatable bonds is 4. The molecule has 2 fully saturated rings. The van der Waals surface area contributed by atoms with Gasteiger partial charge in [-0.25, -0.2) is 4.98 Å². The second-order valence-electron chi connectivity index (χ2n) is 8.10. The van der Waals surface area contributed by atoms with Crippen LogP contribution in [0.3, 0.4) is 0 Å². The molecule has 2 aliphatic rings. The second kappa shape index (κ2) is 9.45. The molecule has 7 heteroatoms. The summed E-state index contributed by atoms with van der Waals surface area (Å²) in [5, 5.41) is 0. The predicted octanol–water partition coefficient (Wildman–Crippen LogP) is 2.97. The van der Waals surface area contributed by atoms with Gasteiger partial charge in [-0.15, -0.1) is 0 Å². The van der Waals surface area contributed by atoms with Gasteiger partial charge in [0.25, 0.3) is 0 Å². The fourth-order valence-corrected chi connectivity index (χ4v) is 4.38. The Morgan fingerprint density at radius 1 is 1.07 bits per heavy atom. The highest BCUT2D eigenvalue weighted by Gasteiger charge is 2.23. The van der Waals surface area contributed by atoms with Gasteiger partial charge in [-0.05, 0) is 43.3 Å². The number of pyridine rings is 1. The van der Waals surface area contributed by atoms with Crippen LogP contribution in [0.1, 0.15) is 11.3 Å². The number of piperazine rings is 1. The predicted molar refractivity (Wildman–Crippen MR) is 123 cm³/mol. The number of aryl methyl sites for hydroxylation is 1. The van der Waals surface area contributed by atoms with E-state index in [1.807, 2.05) is 4.90 Å². The summed E-state index contributed by atoms with van der Waals surface area (Å²) in [7, 11) is 2.10. The first kappa shape index (κ1) is 21.3. The van der Waals surface area contributed by atoms with Gasteiger partial charge in [-0.1, -0.05) is 28.1 Å². The Hall–Kier alpha value is -1.96. The molecular formula is C23H29BrN4O2. The number of amides is 1. The molecule has 1 aromatic carbocycles. The third kappa shape index (κ3) is 4.85. The van der Waals surface area contributed by atoms with E-state index in [0.29, 0.717) is 19.6 Å². The van der Waals surface area contributed by atoms with Crippen LogP contribution in [0.15, 0.2) is 34.8 Å². The maximum atomic E-state index is 12.9. The molecule has 0 saturated carbocycles. The number of morpholine rings is 1. The molecule has 30 heavy (non-hydrogen) atoms. The van der Waals surface area contributed by atoms with E-state index < -0.39 is 0 Å². The van der Waals surface area contributed by atoms with E-state index in [9.17, 15) is 4.79 Å². The number of carbonyl (C=O) groups is 1. The molecule has 6 nitrogen and oxygen atoms in total. The van der Waals surface area contributed by atoms with Crippen molar-refractivity contribution in [3.8, 4) is 11.1 Å². The van der Waals surface area contributed by atoms with Gasteiger partial charge in [-0.3, -0.25) is 4.79 Å². The largest absolute Gasteiger partial charge is 0.378 e. The zero-order chi connectivity index (χ0) is 21.1. The quantitative estimate of drug-likeness (QED) is 0.684. The molecule has 0 N–H and O–H groups in total. The number of benzene rings is 1. The van der Waals surface area contributed by atoms with E-state index in [4.69, 9.17) is 9.72 Å². The molecule has 2 aliphatic heterocycles. The Kier molecular flexibility index (Phi) is 6.71. The molecule has 2 aromatic rings. The van der Waals surface area contributed by atoms with E-state index >= 15 is 0 Å². The molecule has 0 bridgehead atoms.